The van der Waals surface area contributed by atoms with Crippen molar-refractivity contribution in [2.45, 2.75) is 19.9 Å². The summed E-state index contributed by atoms with van der Waals surface area (Å²) in [4.78, 5) is 13.4. The van der Waals surface area contributed by atoms with E-state index in [2.05, 4.69) is 9.64 Å². The van der Waals surface area contributed by atoms with Gasteiger partial charge in [-0.15, -0.1) is 0 Å². The van der Waals surface area contributed by atoms with Crippen molar-refractivity contribution in [3.05, 3.63) is 23.8 Å². The van der Waals surface area contributed by atoms with Gasteiger partial charge in [0.2, 0.25) is 0 Å². The number of hydrogen-bond acceptors (Lipinski definition) is 5. The molecule has 0 saturated carbocycles. The summed E-state index contributed by atoms with van der Waals surface area (Å²) in [5.41, 5.74) is 6.97. The topological polar surface area (TPSA) is 75.8 Å². The minimum Gasteiger partial charge on any atom is -0.508 e. The number of methoxy groups -OCH3 is 1. The average molecular weight is 252 g/mol. The molecule has 1 aromatic carbocycles. The molecule has 1 atom stereocenters. The van der Waals surface area contributed by atoms with E-state index in [9.17, 15) is 9.90 Å². The van der Waals surface area contributed by atoms with Crippen LogP contribution in [-0.4, -0.2) is 31.3 Å². The number of aromatic hydroxyl groups is 1. The Bertz CT molecular complexity index is 417. The third-order valence-electron chi connectivity index (χ3n) is 2.93. The second-order valence-corrected chi connectivity index (χ2v) is 3.92. The normalized spacial score (nSPS) is 12.0. The fourth-order valence-electron chi connectivity index (χ4n) is 1.83. The minimum atomic E-state index is -0.958. The predicted molar refractivity (Wildman–Crippen MR) is 70.6 cm³/mol. The second-order valence-electron chi connectivity index (χ2n) is 3.92. The molecule has 0 aliphatic rings. The van der Waals surface area contributed by atoms with Gasteiger partial charge in [-0.25, -0.2) is 0 Å². The standard InChI is InChI=1S/C13H20N2O3/c1-4-15(5-2)9-6-7-10(11(16)8-9)12(14)13(17)18-3/h6-8,12,16H,4-5,14H2,1-3H3/t12-/m0/s1. The van der Waals surface area contributed by atoms with E-state index in [4.69, 9.17) is 5.73 Å². The number of esters is 1. The van der Waals surface area contributed by atoms with E-state index >= 15 is 0 Å². The Kier molecular flexibility index (Phi) is 4.97. The quantitative estimate of drug-likeness (QED) is 0.775. The van der Waals surface area contributed by atoms with Gasteiger partial charge in [0.15, 0.2) is 0 Å². The summed E-state index contributed by atoms with van der Waals surface area (Å²) in [5.74, 6) is -0.557. The zero-order valence-corrected chi connectivity index (χ0v) is 11.0. The molecular weight excluding hydrogens is 232 g/mol. The molecule has 3 N–H and O–H groups in total. The summed E-state index contributed by atoms with van der Waals surface area (Å²) >= 11 is 0. The van der Waals surface area contributed by atoms with Crippen molar-refractivity contribution in [3.63, 3.8) is 0 Å². The van der Waals surface area contributed by atoms with Crippen LogP contribution in [0, 0.1) is 0 Å². The van der Waals surface area contributed by atoms with Gasteiger partial charge < -0.3 is 20.5 Å². The maximum atomic E-state index is 11.3. The summed E-state index contributed by atoms with van der Waals surface area (Å²) in [6.45, 7) is 5.76. The number of carbonyl (C=O) groups is 1. The van der Waals surface area contributed by atoms with Gasteiger partial charge in [-0.1, -0.05) is 6.07 Å². The molecule has 1 aromatic rings. The molecule has 18 heavy (non-hydrogen) atoms. The van der Waals surface area contributed by atoms with Crippen LogP contribution in [0.4, 0.5) is 5.69 Å². The highest BCUT2D eigenvalue weighted by Gasteiger charge is 2.20. The third kappa shape index (κ3) is 2.92. The Balaban J connectivity index is 3.02. The Labute approximate surface area is 107 Å². The number of hydrogen-bond donors (Lipinski definition) is 2. The van der Waals surface area contributed by atoms with Crippen LogP contribution < -0.4 is 10.6 Å². The van der Waals surface area contributed by atoms with Crippen molar-refractivity contribution in [1.82, 2.24) is 0 Å². The summed E-state index contributed by atoms with van der Waals surface area (Å²) in [6, 6.07) is 4.15. The van der Waals surface area contributed by atoms with Crippen LogP contribution in [0.5, 0.6) is 5.75 Å². The molecule has 0 heterocycles. The van der Waals surface area contributed by atoms with Gasteiger partial charge in [-0.3, -0.25) is 4.79 Å². The average Bonchev–Trinajstić information content (AvgIpc) is 2.38. The van der Waals surface area contributed by atoms with Gasteiger partial charge in [0, 0.05) is 30.4 Å². The Morgan fingerprint density at radius 2 is 2.06 bits per heavy atom. The molecule has 0 radical (unpaired) electrons. The van der Waals surface area contributed by atoms with Crippen LogP contribution in [-0.2, 0) is 9.53 Å². The van der Waals surface area contributed by atoms with Crippen molar-refractivity contribution in [1.29, 1.82) is 0 Å². The molecule has 0 aliphatic carbocycles. The molecule has 0 unspecified atom stereocenters. The molecule has 0 aromatic heterocycles. The number of anilines is 1. The highest BCUT2D eigenvalue weighted by Crippen LogP contribution is 2.28. The van der Waals surface area contributed by atoms with E-state index in [1.54, 1.807) is 12.1 Å². The molecule has 0 amide bonds. The lowest BCUT2D eigenvalue weighted by Crippen LogP contribution is -2.24. The Morgan fingerprint density at radius 1 is 1.44 bits per heavy atom. The van der Waals surface area contributed by atoms with Gasteiger partial charge in [0.1, 0.15) is 11.8 Å². The molecule has 0 spiro atoms. The lowest BCUT2D eigenvalue weighted by molar-refractivity contribution is -0.142. The van der Waals surface area contributed by atoms with Crippen molar-refractivity contribution < 1.29 is 14.6 Å². The minimum absolute atomic E-state index is 0.0114. The van der Waals surface area contributed by atoms with Gasteiger partial charge in [0.05, 0.1) is 7.11 Å². The van der Waals surface area contributed by atoms with Gasteiger partial charge in [-0.05, 0) is 19.9 Å². The van der Waals surface area contributed by atoms with E-state index in [0.29, 0.717) is 5.56 Å². The summed E-state index contributed by atoms with van der Waals surface area (Å²) in [5, 5.41) is 9.93. The zero-order valence-electron chi connectivity index (χ0n) is 11.0. The number of carbonyl (C=O) groups excluding carboxylic acids is 1. The number of nitrogens with two attached hydrogens (primary N) is 1. The van der Waals surface area contributed by atoms with Crippen LogP contribution >= 0.6 is 0 Å². The number of phenolic OH excluding ortho intramolecular Hbond substituents is 1. The van der Waals surface area contributed by atoms with Crippen LogP contribution in [0.3, 0.4) is 0 Å². The monoisotopic (exact) mass is 252 g/mol. The van der Waals surface area contributed by atoms with E-state index in [1.165, 1.54) is 7.11 Å². The number of ether oxygens (including phenoxy) is 1. The SMILES string of the molecule is CCN(CC)c1ccc([C@H](N)C(=O)OC)c(O)c1. The van der Waals surface area contributed by atoms with Crippen LogP contribution in [0.1, 0.15) is 25.5 Å². The van der Waals surface area contributed by atoms with Crippen LogP contribution in [0.2, 0.25) is 0 Å². The molecular formula is C13H20N2O3. The summed E-state index contributed by atoms with van der Waals surface area (Å²) in [7, 11) is 1.27. The second kappa shape index (κ2) is 6.26. The van der Waals surface area contributed by atoms with Crippen molar-refractivity contribution in [2.75, 3.05) is 25.1 Å². The van der Waals surface area contributed by atoms with E-state index in [1.807, 2.05) is 19.9 Å². The number of benzene rings is 1. The first-order chi connectivity index (χ1) is 8.54. The lowest BCUT2D eigenvalue weighted by atomic mass is 10.1. The fourth-order valence-corrected chi connectivity index (χ4v) is 1.83. The molecule has 1 rings (SSSR count). The van der Waals surface area contributed by atoms with Crippen LogP contribution in [0.25, 0.3) is 0 Å². The summed E-state index contributed by atoms with van der Waals surface area (Å²) < 4.78 is 4.56. The Morgan fingerprint density at radius 3 is 2.50 bits per heavy atom. The first kappa shape index (κ1) is 14.3. The van der Waals surface area contributed by atoms with E-state index in [-0.39, 0.29) is 5.75 Å². The zero-order chi connectivity index (χ0) is 13.7. The molecule has 100 valence electrons. The van der Waals surface area contributed by atoms with E-state index < -0.39 is 12.0 Å². The van der Waals surface area contributed by atoms with Gasteiger partial charge >= 0.3 is 5.97 Å². The largest absolute Gasteiger partial charge is 0.508 e. The van der Waals surface area contributed by atoms with Gasteiger partial charge in [0.25, 0.3) is 0 Å². The molecule has 0 fully saturated rings. The Hall–Kier alpha value is -1.75. The molecule has 0 saturated heterocycles. The van der Waals surface area contributed by atoms with Gasteiger partial charge in [-0.2, -0.15) is 0 Å². The van der Waals surface area contributed by atoms with Crippen molar-refractivity contribution in [2.24, 2.45) is 5.73 Å². The third-order valence-corrected chi connectivity index (χ3v) is 2.93. The highest BCUT2D eigenvalue weighted by atomic mass is 16.5. The maximum absolute atomic E-state index is 11.3. The highest BCUT2D eigenvalue weighted by molar-refractivity contribution is 5.78. The number of phenols is 1. The van der Waals surface area contributed by atoms with E-state index in [0.717, 1.165) is 18.8 Å². The first-order valence-corrected chi connectivity index (χ1v) is 5.96. The molecule has 5 heteroatoms. The molecule has 0 bridgehead atoms. The van der Waals surface area contributed by atoms with Crippen molar-refractivity contribution in [3.8, 4) is 5.75 Å². The molecule has 0 aliphatic heterocycles. The maximum Gasteiger partial charge on any atom is 0.327 e. The fraction of sp³-hybridized carbons (Fsp3) is 0.462. The van der Waals surface area contributed by atoms with Crippen molar-refractivity contribution >= 4 is 11.7 Å². The number of rotatable bonds is 5. The number of nitrogens with zero attached hydrogens (tertiary/aromatic N) is 1. The van der Waals surface area contributed by atoms with Crippen LogP contribution in [0.15, 0.2) is 18.2 Å². The predicted octanol–water partition coefficient (Wildman–Crippen LogP) is 1.41. The molecule has 5 nitrogen and oxygen atoms in total. The summed E-state index contributed by atoms with van der Waals surface area (Å²) in [6.07, 6.45) is 0. The lowest BCUT2D eigenvalue weighted by Gasteiger charge is -2.22. The smallest absolute Gasteiger partial charge is 0.327 e. The first-order valence-electron chi connectivity index (χ1n) is 5.96.